The van der Waals surface area contributed by atoms with E-state index in [1.165, 1.54) is 10.6 Å². The molecule has 0 atom stereocenters. The Morgan fingerprint density at radius 1 is 0.815 bits per heavy atom. The van der Waals surface area contributed by atoms with Crippen molar-refractivity contribution in [1.29, 1.82) is 0 Å². The summed E-state index contributed by atoms with van der Waals surface area (Å²) in [5.41, 5.74) is 1.88. The number of fused-ring (bicyclic) bond motifs is 2. The minimum atomic E-state index is -0.506. The fourth-order valence-corrected chi connectivity index (χ4v) is 3.21. The Hall–Kier alpha value is -3.80. The Balaban J connectivity index is 1.92. The Morgan fingerprint density at radius 2 is 1.52 bits per heavy atom. The summed E-state index contributed by atoms with van der Waals surface area (Å²) in [6, 6.07) is 20.7. The predicted molar refractivity (Wildman–Crippen MR) is 102 cm³/mol. The number of para-hydroxylation sites is 4. The molecule has 0 saturated carbocycles. The zero-order valence-corrected chi connectivity index (χ0v) is 14.1. The van der Waals surface area contributed by atoms with Gasteiger partial charge in [0, 0.05) is 0 Å². The van der Waals surface area contributed by atoms with Crippen LogP contribution in [0.25, 0.3) is 39.3 Å². The molecule has 0 unspecified atom stereocenters. The number of nitrogens with zero attached hydrogens (tertiary/aromatic N) is 3. The Morgan fingerprint density at radius 3 is 2.33 bits per heavy atom. The standard InChI is InChI=1S/C21H13FN4O/c22-14-8-2-6-12-18(14)26-20(19-23-16-10-4-5-11-17(16)24-19)25-15-9-3-1-7-13(15)21(26)27/h1-12H,(H,23,24). The second-order valence-corrected chi connectivity index (χ2v) is 6.15. The molecule has 27 heavy (non-hydrogen) atoms. The molecule has 0 aliphatic heterocycles. The van der Waals surface area contributed by atoms with Crippen LogP contribution in [0.2, 0.25) is 0 Å². The lowest BCUT2D eigenvalue weighted by Crippen LogP contribution is -2.23. The molecule has 3 aromatic carbocycles. The number of H-pyrrole nitrogens is 1. The summed E-state index contributed by atoms with van der Waals surface area (Å²) in [6.07, 6.45) is 0. The first kappa shape index (κ1) is 15.5. The first-order chi connectivity index (χ1) is 13.2. The highest BCUT2D eigenvalue weighted by atomic mass is 19.1. The minimum Gasteiger partial charge on any atom is -0.335 e. The second kappa shape index (κ2) is 5.88. The molecule has 5 nitrogen and oxygen atoms in total. The van der Waals surface area contributed by atoms with Crippen LogP contribution in [0, 0.1) is 5.82 Å². The number of aromatic nitrogens is 4. The first-order valence-electron chi connectivity index (χ1n) is 8.44. The number of hydrogen-bond donors (Lipinski definition) is 1. The molecule has 5 aromatic rings. The number of hydrogen-bond acceptors (Lipinski definition) is 3. The molecule has 1 N–H and O–H groups in total. The van der Waals surface area contributed by atoms with Gasteiger partial charge in [-0.25, -0.2) is 14.4 Å². The van der Waals surface area contributed by atoms with Crippen LogP contribution in [0.4, 0.5) is 4.39 Å². The van der Waals surface area contributed by atoms with Gasteiger partial charge in [0.1, 0.15) is 5.82 Å². The van der Waals surface area contributed by atoms with Crippen LogP contribution in [-0.4, -0.2) is 19.5 Å². The van der Waals surface area contributed by atoms with Gasteiger partial charge < -0.3 is 4.98 Å². The van der Waals surface area contributed by atoms with Crippen molar-refractivity contribution < 1.29 is 4.39 Å². The SMILES string of the molecule is O=c1c2ccccc2nc(-c2nc3ccccc3[nH]2)n1-c1ccccc1F. The molecule has 2 heterocycles. The lowest BCUT2D eigenvalue weighted by Gasteiger charge is -2.12. The molecule has 0 aliphatic rings. The van der Waals surface area contributed by atoms with E-state index in [-0.39, 0.29) is 17.1 Å². The van der Waals surface area contributed by atoms with Crippen molar-refractivity contribution in [3.8, 4) is 17.3 Å². The fraction of sp³-hybridized carbons (Fsp3) is 0. The minimum absolute atomic E-state index is 0.135. The van der Waals surface area contributed by atoms with E-state index in [0.29, 0.717) is 16.7 Å². The quantitative estimate of drug-likeness (QED) is 0.519. The lowest BCUT2D eigenvalue weighted by molar-refractivity contribution is 0.616. The van der Waals surface area contributed by atoms with E-state index in [1.54, 1.807) is 36.4 Å². The van der Waals surface area contributed by atoms with Crippen molar-refractivity contribution in [2.75, 3.05) is 0 Å². The van der Waals surface area contributed by atoms with Gasteiger partial charge in [0.05, 0.1) is 27.6 Å². The zero-order chi connectivity index (χ0) is 18.4. The molecule has 0 bridgehead atoms. The van der Waals surface area contributed by atoms with Crippen LogP contribution in [-0.2, 0) is 0 Å². The molecule has 6 heteroatoms. The van der Waals surface area contributed by atoms with Crippen LogP contribution in [0.3, 0.4) is 0 Å². The average molecular weight is 356 g/mol. The van der Waals surface area contributed by atoms with E-state index in [1.807, 2.05) is 30.3 Å². The third-order valence-electron chi connectivity index (χ3n) is 4.47. The third-order valence-corrected chi connectivity index (χ3v) is 4.47. The molecular formula is C21H13FN4O. The van der Waals surface area contributed by atoms with Gasteiger partial charge in [-0.2, -0.15) is 0 Å². The van der Waals surface area contributed by atoms with Crippen molar-refractivity contribution in [1.82, 2.24) is 19.5 Å². The molecule has 0 radical (unpaired) electrons. The summed E-state index contributed by atoms with van der Waals surface area (Å²) >= 11 is 0. The maximum atomic E-state index is 14.5. The molecule has 5 rings (SSSR count). The lowest BCUT2D eigenvalue weighted by atomic mass is 10.2. The van der Waals surface area contributed by atoms with Crippen molar-refractivity contribution in [2.45, 2.75) is 0 Å². The van der Waals surface area contributed by atoms with Gasteiger partial charge in [0.2, 0.25) is 0 Å². The van der Waals surface area contributed by atoms with E-state index in [4.69, 9.17) is 0 Å². The van der Waals surface area contributed by atoms with Crippen molar-refractivity contribution >= 4 is 21.9 Å². The summed E-state index contributed by atoms with van der Waals surface area (Å²) in [6.45, 7) is 0. The number of benzene rings is 3. The monoisotopic (exact) mass is 356 g/mol. The molecule has 0 amide bonds. The Kier molecular flexibility index (Phi) is 3.36. The van der Waals surface area contributed by atoms with E-state index in [0.717, 1.165) is 11.0 Å². The number of nitrogens with one attached hydrogen (secondary N) is 1. The van der Waals surface area contributed by atoms with Crippen LogP contribution in [0.1, 0.15) is 0 Å². The second-order valence-electron chi connectivity index (χ2n) is 6.15. The van der Waals surface area contributed by atoms with E-state index in [9.17, 15) is 9.18 Å². The molecule has 0 fully saturated rings. The van der Waals surface area contributed by atoms with Crippen LogP contribution >= 0.6 is 0 Å². The van der Waals surface area contributed by atoms with E-state index in [2.05, 4.69) is 15.0 Å². The summed E-state index contributed by atoms with van der Waals surface area (Å²) < 4.78 is 15.8. The summed E-state index contributed by atoms with van der Waals surface area (Å²) in [4.78, 5) is 25.6. The molecule has 2 aromatic heterocycles. The van der Waals surface area contributed by atoms with Gasteiger partial charge in [-0.15, -0.1) is 0 Å². The molecule has 0 saturated heterocycles. The topological polar surface area (TPSA) is 63.6 Å². The normalized spacial score (nSPS) is 11.3. The Bertz CT molecular complexity index is 1340. The molecule has 0 aliphatic carbocycles. The van der Waals surface area contributed by atoms with Gasteiger partial charge >= 0.3 is 0 Å². The highest BCUT2D eigenvalue weighted by Gasteiger charge is 2.19. The maximum Gasteiger partial charge on any atom is 0.266 e. The van der Waals surface area contributed by atoms with Gasteiger partial charge in [-0.05, 0) is 36.4 Å². The smallest absolute Gasteiger partial charge is 0.266 e. The average Bonchev–Trinajstić information content (AvgIpc) is 3.13. The third kappa shape index (κ3) is 2.42. The number of aromatic amines is 1. The number of rotatable bonds is 2. The van der Waals surface area contributed by atoms with E-state index < -0.39 is 5.82 Å². The van der Waals surface area contributed by atoms with Crippen molar-refractivity contribution in [3.05, 3.63) is 89.0 Å². The number of halogens is 1. The highest BCUT2D eigenvalue weighted by molar-refractivity contribution is 5.82. The highest BCUT2D eigenvalue weighted by Crippen LogP contribution is 2.23. The van der Waals surface area contributed by atoms with Crippen molar-refractivity contribution in [3.63, 3.8) is 0 Å². The zero-order valence-electron chi connectivity index (χ0n) is 14.1. The summed E-state index contributed by atoms with van der Waals surface area (Å²) in [5, 5.41) is 0.417. The largest absolute Gasteiger partial charge is 0.335 e. The van der Waals surface area contributed by atoms with E-state index >= 15 is 0 Å². The van der Waals surface area contributed by atoms with Crippen LogP contribution in [0.5, 0.6) is 0 Å². The maximum absolute atomic E-state index is 14.5. The fourth-order valence-electron chi connectivity index (χ4n) is 3.21. The molecular weight excluding hydrogens is 343 g/mol. The molecule has 130 valence electrons. The summed E-state index contributed by atoms with van der Waals surface area (Å²) in [7, 11) is 0. The van der Waals surface area contributed by atoms with Gasteiger partial charge in [0.15, 0.2) is 11.6 Å². The van der Waals surface area contributed by atoms with Gasteiger partial charge in [0.25, 0.3) is 5.56 Å². The summed E-state index contributed by atoms with van der Waals surface area (Å²) in [5.74, 6) is 0.163. The van der Waals surface area contributed by atoms with Crippen molar-refractivity contribution in [2.24, 2.45) is 0 Å². The van der Waals surface area contributed by atoms with Gasteiger partial charge in [-0.1, -0.05) is 36.4 Å². The predicted octanol–water partition coefficient (Wildman–Crippen LogP) is 4.07. The van der Waals surface area contributed by atoms with Crippen LogP contribution < -0.4 is 5.56 Å². The Labute approximate surface area is 152 Å². The first-order valence-corrected chi connectivity index (χ1v) is 8.44. The number of imidazole rings is 1. The van der Waals surface area contributed by atoms with Gasteiger partial charge in [-0.3, -0.25) is 9.36 Å². The van der Waals surface area contributed by atoms with Crippen LogP contribution in [0.15, 0.2) is 77.6 Å². The molecule has 0 spiro atoms.